The second kappa shape index (κ2) is 12.5. The molecule has 11 heteroatoms. The van der Waals surface area contributed by atoms with Gasteiger partial charge < -0.3 is 9.47 Å². The fraction of sp³-hybridized carbons (Fsp3) is 0.375. The van der Waals surface area contributed by atoms with Crippen molar-refractivity contribution in [3.05, 3.63) is 65.2 Å². The highest BCUT2D eigenvalue weighted by molar-refractivity contribution is 7.89. The summed E-state index contributed by atoms with van der Waals surface area (Å²) in [4.78, 5) is 14.8. The minimum absolute atomic E-state index is 0.0112. The number of carbonyl (C=O) groups is 1. The Kier molecular flexibility index (Phi) is 9.67. The van der Waals surface area contributed by atoms with Crippen LogP contribution in [-0.4, -0.2) is 75.4 Å². The van der Waals surface area contributed by atoms with Gasteiger partial charge in [-0.05, 0) is 67.1 Å². The molecule has 0 radical (unpaired) electrons. The Hall–Kier alpha value is -2.47. The van der Waals surface area contributed by atoms with Gasteiger partial charge in [0.1, 0.15) is 17.5 Å². The Morgan fingerprint density at radius 3 is 2.37 bits per heavy atom. The first-order chi connectivity index (χ1) is 16.7. The van der Waals surface area contributed by atoms with Gasteiger partial charge in [-0.2, -0.15) is 4.72 Å². The van der Waals surface area contributed by atoms with Gasteiger partial charge in [0.25, 0.3) is 5.91 Å². The van der Waals surface area contributed by atoms with Crippen molar-refractivity contribution in [1.29, 1.82) is 0 Å². The zero-order valence-electron chi connectivity index (χ0n) is 19.7. The molecule has 3 rings (SSSR count). The number of hydrogen-bond acceptors (Lipinski definition) is 7. The Labute approximate surface area is 210 Å². The molecule has 1 aliphatic heterocycles. The predicted octanol–water partition coefficient (Wildman–Crippen LogP) is 3.30. The summed E-state index contributed by atoms with van der Waals surface area (Å²) in [6.45, 7) is 4.60. The van der Waals surface area contributed by atoms with Crippen LogP contribution < -0.4 is 9.46 Å². The van der Waals surface area contributed by atoms with E-state index >= 15 is 0 Å². The lowest BCUT2D eigenvalue weighted by Crippen LogP contribution is -2.46. The molecule has 1 amide bonds. The Morgan fingerprint density at radius 2 is 1.77 bits per heavy atom. The molecule has 1 aliphatic rings. The maximum Gasteiger partial charge on any atom is 0.264 e. The molecule has 2 aromatic carbocycles. The van der Waals surface area contributed by atoms with Crippen molar-refractivity contribution in [1.82, 2.24) is 14.7 Å². The highest BCUT2D eigenvalue weighted by Gasteiger charge is 2.31. The lowest BCUT2D eigenvalue weighted by Gasteiger charge is -2.23. The van der Waals surface area contributed by atoms with Crippen LogP contribution in [0.25, 0.3) is 0 Å². The van der Waals surface area contributed by atoms with E-state index < -0.39 is 22.0 Å². The number of rotatable bonds is 11. The van der Waals surface area contributed by atoms with Crippen molar-refractivity contribution in [3.63, 3.8) is 0 Å². The number of nitrogens with one attached hydrogen (secondary N) is 1. The van der Waals surface area contributed by atoms with Crippen molar-refractivity contribution in [3.8, 4) is 11.5 Å². The van der Waals surface area contributed by atoms with Gasteiger partial charge in [0, 0.05) is 25.2 Å². The average Bonchev–Trinajstić information content (AvgIpc) is 2.97. The summed E-state index contributed by atoms with van der Waals surface area (Å²) in [7, 11) is -2.39. The lowest BCUT2D eigenvalue weighted by molar-refractivity contribution is -0.164. The number of amides is 1. The zero-order chi connectivity index (χ0) is 25.4. The van der Waals surface area contributed by atoms with Crippen LogP contribution in [0.2, 0.25) is 5.02 Å². The first kappa shape index (κ1) is 27.1. The van der Waals surface area contributed by atoms with Crippen LogP contribution in [0.15, 0.2) is 65.1 Å². The van der Waals surface area contributed by atoms with Gasteiger partial charge in [0.2, 0.25) is 10.0 Å². The van der Waals surface area contributed by atoms with Gasteiger partial charge >= 0.3 is 0 Å². The van der Waals surface area contributed by atoms with Crippen LogP contribution in [0.1, 0.15) is 13.3 Å². The second-order valence-electron chi connectivity index (χ2n) is 8.06. The first-order valence-electron chi connectivity index (χ1n) is 11.2. The average molecular weight is 524 g/mol. The standard InChI is InChI=1S/C24H30ClN3O6S/c1-3-27(14-15-33-2)16-18-4-13-23(24(29)28(30)17-18)26-35(31,32)22-11-9-21(10-12-22)34-20-7-5-19(25)6-8-20/h4-12,23,26,30H,3,13-17H2,1-2H3/t23-/m1/s1. The van der Waals surface area contributed by atoms with E-state index in [1.54, 1.807) is 37.5 Å². The number of carbonyl (C=O) groups excluding carboxylic acids is 1. The fourth-order valence-electron chi connectivity index (χ4n) is 3.55. The normalized spacial score (nSPS) is 16.8. The zero-order valence-corrected chi connectivity index (χ0v) is 21.3. The quantitative estimate of drug-likeness (QED) is 0.343. The molecule has 0 bridgehead atoms. The topological polar surface area (TPSA) is 108 Å². The summed E-state index contributed by atoms with van der Waals surface area (Å²) in [5.74, 6) is 0.295. The molecule has 2 aromatic rings. The summed E-state index contributed by atoms with van der Waals surface area (Å²) in [5.41, 5.74) is 0.823. The summed E-state index contributed by atoms with van der Waals surface area (Å²) < 4.78 is 39.1. The van der Waals surface area contributed by atoms with Crippen molar-refractivity contribution >= 4 is 27.5 Å². The van der Waals surface area contributed by atoms with Gasteiger partial charge in [-0.25, -0.2) is 13.5 Å². The number of halogens is 1. The molecule has 9 nitrogen and oxygen atoms in total. The molecule has 0 unspecified atom stereocenters. The van der Waals surface area contributed by atoms with Crippen LogP contribution in [0, 0.1) is 0 Å². The molecular formula is C24H30ClN3O6S. The molecule has 190 valence electrons. The Balaban J connectivity index is 1.67. The van der Waals surface area contributed by atoms with Crippen molar-refractivity contribution < 1.29 is 27.9 Å². The van der Waals surface area contributed by atoms with Crippen LogP contribution in [-0.2, 0) is 19.6 Å². The lowest BCUT2D eigenvalue weighted by atomic mass is 10.1. The van der Waals surface area contributed by atoms with E-state index in [0.717, 1.165) is 12.1 Å². The monoisotopic (exact) mass is 523 g/mol. The number of hydrogen-bond donors (Lipinski definition) is 2. The van der Waals surface area contributed by atoms with E-state index in [2.05, 4.69) is 9.62 Å². The van der Waals surface area contributed by atoms with Crippen LogP contribution >= 0.6 is 11.6 Å². The smallest absolute Gasteiger partial charge is 0.264 e. The number of methoxy groups -OCH3 is 1. The van der Waals surface area contributed by atoms with E-state index in [-0.39, 0.29) is 17.9 Å². The highest BCUT2D eigenvalue weighted by Crippen LogP contribution is 2.24. The molecule has 1 heterocycles. The summed E-state index contributed by atoms with van der Waals surface area (Å²) in [6, 6.07) is 11.5. The number of likely N-dealkylation sites (N-methyl/N-ethyl adjacent to an activating group) is 1. The van der Waals surface area contributed by atoms with Crippen molar-refractivity contribution in [2.75, 3.05) is 39.9 Å². The van der Waals surface area contributed by atoms with Gasteiger partial charge in [-0.3, -0.25) is 14.9 Å². The molecule has 0 aromatic heterocycles. The molecule has 35 heavy (non-hydrogen) atoms. The van der Waals surface area contributed by atoms with Gasteiger partial charge in [0.05, 0.1) is 18.0 Å². The first-order valence-corrected chi connectivity index (χ1v) is 13.0. The van der Waals surface area contributed by atoms with E-state index in [9.17, 15) is 18.4 Å². The number of nitrogens with zero attached hydrogens (tertiary/aromatic N) is 2. The molecular weight excluding hydrogens is 494 g/mol. The summed E-state index contributed by atoms with van der Waals surface area (Å²) in [6.07, 6.45) is 1.93. The largest absolute Gasteiger partial charge is 0.457 e. The summed E-state index contributed by atoms with van der Waals surface area (Å²) in [5, 5.41) is 11.4. The van der Waals surface area contributed by atoms with E-state index in [4.69, 9.17) is 21.1 Å². The molecule has 0 fully saturated rings. The SMILES string of the molecule is CCN(CCOC)CC1=CC[C@@H](NS(=O)(=O)c2ccc(Oc3ccc(Cl)cc3)cc2)C(=O)N(O)C1. The molecule has 0 saturated carbocycles. The van der Waals surface area contributed by atoms with E-state index in [0.29, 0.717) is 41.3 Å². The second-order valence-corrected chi connectivity index (χ2v) is 10.2. The minimum atomic E-state index is -4.02. The maximum atomic E-state index is 12.9. The third-order valence-electron chi connectivity index (χ3n) is 5.51. The van der Waals surface area contributed by atoms with E-state index in [1.807, 2.05) is 6.92 Å². The molecule has 0 spiro atoms. The summed E-state index contributed by atoms with van der Waals surface area (Å²) >= 11 is 5.87. The fourth-order valence-corrected chi connectivity index (χ4v) is 4.88. The Bertz CT molecular complexity index is 1120. The number of ether oxygens (including phenoxy) is 2. The molecule has 2 N–H and O–H groups in total. The van der Waals surface area contributed by atoms with Crippen LogP contribution in [0.4, 0.5) is 0 Å². The third-order valence-corrected chi connectivity index (χ3v) is 7.25. The Morgan fingerprint density at radius 1 is 1.14 bits per heavy atom. The molecule has 1 atom stereocenters. The van der Waals surface area contributed by atoms with Crippen LogP contribution in [0.5, 0.6) is 11.5 Å². The van der Waals surface area contributed by atoms with Crippen LogP contribution in [0.3, 0.4) is 0 Å². The van der Waals surface area contributed by atoms with Crippen molar-refractivity contribution in [2.45, 2.75) is 24.3 Å². The van der Waals surface area contributed by atoms with Gasteiger partial charge in [-0.15, -0.1) is 0 Å². The highest BCUT2D eigenvalue weighted by atomic mass is 35.5. The third kappa shape index (κ3) is 7.76. The number of hydroxylamine groups is 2. The van der Waals surface area contributed by atoms with Gasteiger partial charge in [0.15, 0.2) is 0 Å². The molecule has 0 saturated heterocycles. The number of sulfonamides is 1. The maximum absolute atomic E-state index is 12.9. The predicted molar refractivity (Wildman–Crippen MR) is 132 cm³/mol. The van der Waals surface area contributed by atoms with Gasteiger partial charge in [-0.1, -0.05) is 24.6 Å². The number of benzene rings is 2. The minimum Gasteiger partial charge on any atom is -0.457 e. The molecule has 0 aliphatic carbocycles. The van der Waals surface area contributed by atoms with E-state index in [1.165, 1.54) is 24.3 Å². The van der Waals surface area contributed by atoms with Crippen molar-refractivity contribution in [2.24, 2.45) is 0 Å².